The SMILES string of the molecule is O=c1[nH]c2ccccc2nc1/C=C/c1ccc([O-])c([N+](=O)[O-])c1. The van der Waals surface area contributed by atoms with Gasteiger partial charge >= 0.3 is 0 Å². The molecule has 0 bridgehead atoms. The molecule has 0 atom stereocenters. The zero-order valence-corrected chi connectivity index (χ0v) is 11.7. The fourth-order valence-electron chi connectivity index (χ4n) is 2.11. The third-order valence-corrected chi connectivity index (χ3v) is 3.24. The highest BCUT2D eigenvalue weighted by Gasteiger charge is 2.07. The highest BCUT2D eigenvalue weighted by Crippen LogP contribution is 2.24. The van der Waals surface area contributed by atoms with E-state index in [-0.39, 0.29) is 11.3 Å². The van der Waals surface area contributed by atoms with E-state index in [0.717, 1.165) is 12.1 Å². The van der Waals surface area contributed by atoms with Crippen molar-refractivity contribution in [3.8, 4) is 5.75 Å². The van der Waals surface area contributed by atoms with Crippen molar-refractivity contribution in [2.75, 3.05) is 0 Å². The molecular weight excluding hydrogens is 298 g/mol. The number of nitro benzene ring substituents is 1. The first kappa shape index (κ1) is 14.5. The second-order valence-corrected chi connectivity index (χ2v) is 4.79. The first-order valence-corrected chi connectivity index (χ1v) is 6.67. The number of hydrogen-bond donors (Lipinski definition) is 1. The lowest BCUT2D eigenvalue weighted by Crippen LogP contribution is -2.11. The summed E-state index contributed by atoms with van der Waals surface area (Å²) in [6.45, 7) is 0. The van der Waals surface area contributed by atoms with Crippen LogP contribution in [0.1, 0.15) is 11.3 Å². The number of hydrogen-bond acceptors (Lipinski definition) is 5. The number of nitrogens with zero attached hydrogens (tertiary/aromatic N) is 2. The van der Waals surface area contributed by atoms with Crippen LogP contribution in [0.25, 0.3) is 23.2 Å². The van der Waals surface area contributed by atoms with Crippen molar-refractivity contribution in [2.45, 2.75) is 0 Å². The van der Waals surface area contributed by atoms with Crippen LogP contribution in [-0.2, 0) is 0 Å². The maximum atomic E-state index is 12.0. The van der Waals surface area contributed by atoms with E-state index in [1.807, 2.05) is 0 Å². The fraction of sp³-hybridized carbons (Fsp3) is 0. The minimum Gasteiger partial charge on any atom is -0.868 e. The summed E-state index contributed by atoms with van der Waals surface area (Å²) >= 11 is 0. The topological polar surface area (TPSA) is 112 Å². The van der Waals surface area contributed by atoms with Crippen molar-refractivity contribution in [3.63, 3.8) is 0 Å². The first-order valence-electron chi connectivity index (χ1n) is 6.67. The second kappa shape index (κ2) is 5.72. The fourth-order valence-corrected chi connectivity index (χ4v) is 2.11. The molecule has 0 aliphatic rings. The molecule has 3 aromatic rings. The number of aromatic amines is 1. The molecule has 0 aliphatic heterocycles. The van der Waals surface area contributed by atoms with Crippen LogP contribution in [0.15, 0.2) is 47.3 Å². The summed E-state index contributed by atoms with van der Waals surface area (Å²) in [4.78, 5) is 28.9. The zero-order valence-electron chi connectivity index (χ0n) is 11.7. The van der Waals surface area contributed by atoms with Crippen LogP contribution in [0.4, 0.5) is 5.69 Å². The van der Waals surface area contributed by atoms with Gasteiger partial charge in [0.2, 0.25) is 0 Å². The summed E-state index contributed by atoms with van der Waals surface area (Å²) in [6.07, 6.45) is 2.95. The summed E-state index contributed by atoms with van der Waals surface area (Å²) in [5.41, 5.74) is 0.999. The molecule has 0 unspecified atom stereocenters. The molecular formula is C16H10N3O4-. The van der Waals surface area contributed by atoms with Gasteiger partial charge in [0.15, 0.2) is 0 Å². The van der Waals surface area contributed by atoms with E-state index in [0.29, 0.717) is 16.6 Å². The zero-order chi connectivity index (χ0) is 16.4. The minimum atomic E-state index is -0.735. The molecule has 7 nitrogen and oxygen atoms in total. The van der Waals surface area contributed by atoms with Crippen LogP contribution < -0.4 is 10.7 Å². The first-order chi connectivity index (χ1) is 11.0. The summed E-state index contributed by atoms with van der Waals surface area (Å²) in [5, 5.41) is 22.1. The minimum absolute atomic E-state index is 0.178. The van der Waals surface area contributed by atoms with Gasteiger partial charge in [-0.05, 0) is 29.5 Å². The van der Waals surface area contributed by atoms with Gasteiger partial charge in [0.1, 0.15) is 5.69 Å². The van der Waals surface area contributed by atoms with Gasteiger partial charge in [0.25, 0.3) is 11.2 Å². The van der Waals surface area contributed by atoms with E-state index in [9.17, 15) is 20.0 Å². The van der Waals surface area contributed by atoms with Gasteiger partial charge in [0, 0.05) is 6.07 Å². The van der Waals surface area contributed by atoms with Gasteiger partial charge in [-0.2, -0.15) is 0 Å². The quantitative estimate of drug-likeness (QED) is 0.588. The maximum absolute atomic E-state index is 12.0. The van der Waals surface area contributed by atoms with Crippen LogP contribution in [0, 0.1) is 10.1 Å². The lowest BCUT2D eigenvalue weighted by molar-refractivity contribution is -0.398. The van der Waals surface area contributed by atoms with E-state index >= 15 is 0 Å². The van der Waals surface area contributed by atoms with Gasteiger partial charge in [-0.15, -0.1) is 0 Å². The normalized spacial score (nSPS) is 11.1. The molecule has 1 N–H and O–H groups in total. The molecule has 0 fully saturated rings. The molecule has 0 saturated heterocycles. The highest BCUT2D eigenvalue weighted by atomic mass is 16.6. The Kier molecular flexibility index (Phi) is 3.60. The van der Waals surface area contributed by atoms with Crippen LogP contribution in [0.2, 0.25) is 0 Å². The number of H-pyrrole nitrogens is 1. The Bertz CT molecular complexity index is 992. The molecule has 2 aromatic carbocycles. The molecule has 0 spiro atoms. The molecule has 3 rings (SSSR count). The Morgan fingerprint density at radius 2 is 1.91 bits per heavy atom. The van der Waals surface area contributed by atoms with Gasteiger partial charge in [0.05, 0.1) is 16.0 Å². The number of fused-ring (bicyclic) bond motifs is 1. The number of aromatic nitrogens is 2. The molecule has 0 aliphatic carbocycles. The lowest BCUT2D eigenvalue weighted by atomic mass is 10.1. The number of nitro groups is 1. The molecule has 1 heterocycles. The van der Waals surface area contributed by atoms with E-state index in [2.05, 4.69) is 9.97 Å². The monoisotopic (exact) mass is 308 g/mol. The summed E-state index contributed by atoms with van der Waals surface area (Å²) in [6, 6.07) is 10.8. The Morgan fingerprint density at radius 1 is 1.13 bits per heavy atom. The van der Waals surface area contributed by atoms with Crippen molar-refractivity contribution in [1.82, 2.24) is 9.97 Å². The van der Waals surface area contributed by atoms with Crippen LogP contribution in [-0.4, -0.2) is 14.9 Å². The molecule has 0 saturated carbocycles. The predicted octanol–water partition coefficient (Wildman–Crippen LogP) is 2.08. The van der Waals surface area contributed by atoms with Gasteiger partial charge in [-0.3, -0.25) is 14.9 Å². The largest absolute Gasteiger partial charge is 0.868 e. The van der Waals surface area contributed by atoms with Crippen molar-refractivity contribution >= 4 is 28.9 Å². The number of rotatable bonds is 3. The van der Waals surface area contributed by atoms with E-state index in [4.69, 9.17) is 0 Å². The Morgan fingerprint density at radius 3 is 2.70 bits per heavy atom. The average Bonchev–Trinajstić information content (AvgIpc) is 2.53. The van der Waals surface area contributed by atoms with Crippen LogP contribution >= 0.6 is 0 Å². The molecule has 23 heavy (non-hydrogen) atoms. The van der Waals surface area contributed by atoms with Gasteiger partial charge < -0.3 is 10.1 Å². The highest BCUT2D eigenvalue weighted by molar-refractivity contribution is 5.77. The van der Waals surface area contributed by atoms with Crippen LogP contribution in [0.3, 0.4) is 0 Å². The summed E-state index contributed by atoms with van der Waals surface area (Å²) in [7, 11) is 0. The molecule has 1 aromatic heterocycles. The van der Waals surface area contributed by atoms with E-state index in [1.165, 1.54) is 18.2 Å². The lowest BCUT2D eigenvalue weighted by Gasteiger charge is -2.06. The van der Waals surface area contributed by atoms with Crippen molar-refractivity contribution in [3.05, 3.63) is 74.2 Å². The Balaban J connectivity index is 2.00. The Hall–Kier alpha value is -3.48. The molecule has 7 heteroatoms. The number of benzene rings is 2. The predicted molar refractivity (Wildman–Crippen MR) is 83.8 cm³/mol. The average molecular weight is 308 g/mol. The van der Waals surface area contributed by atoms with Crippen molar-refractivity contribution in [1.29, 1.82) is 0 Å². The summed E-state index contributed by atoms with van der Waals surface area (Å²) in [5.74, 6) is -0.658. The van der Waals surface area contributed by atoms with Gasteiger partial charge in [-0.1, -0.05) is 30.3 Å². The summed E-state index contributed by atoms with van der Waals surface area (Å²) < 4.78 is 0. The molecule has 0 radical (unpaired) electrons. The molecule has 0 amide bonds. The van der Waals surface area contributed by atoms with Crippen molar-refractivity contribution in [2.24, 2.45) is 0 Å². The third-order valence-electron chi connectivity index (χ3n) is 3.24. The van der Waals surface area contributed by atoms with Gasteiger partial charge in [-0.25, -0.2) is 4.98 Å². The van der Waals surface area contributed by atoms with Crippen molar-refractivity contribution < 1.29 is 10.0 Å². The molecule has 114 valence electrons. The Labute approximate surface area is 129 Å². The van der Waals surface area contributed by atoms with E-state index in [1.54, 1.807) is 24.3 Å². The van der Waals surface area contributed by atoms with Crippen LogP contribution in [0.5, 0.6) is 5.75 Å². The maximum Gasteiger partial charge on any atom is 0.274 e. The third kappa shape index (κ3) is 2.93. The standard InChI is InChI=1S/C16H11N3O4/c20-15-8-6-10(9-14(15)19(22)23)5-7-13-16(21)18-12-4-2-1-3-11(12)17-13/h1-9,20H,(H,18,21)/p-1/b7-5+. The van der Waals surface area contributed by atoms with E-state index < -0.39 is 16.4 Å². The second-order valence-electron chi connectivity index (χ2n) is 4.79. The smallest absolute Gasteiger partial charge is 0.274 e. The number of para-hydroxylation sites is 2. The number of nitrogens with one attached hydrogen (secondary N) is 1.